The van der Waals surface area contributed by atoms with Gasteiger partial charge in [0, 0.05) is 13.1 Å². The van der Waals surface area contributed by atoms with E-state index < -0.39 is 11.2 Å². The molecule has 0 radical (unpaired) electrons. The number of benzene rings is 1. The molecule has 8 heteroatoms. The van der Waals surface area contributed by atoms with E-state index >= 15 is 0 Å². The number of ether oxygens (including phenoxy) is 1. The van der Waals surface area contributed by atoms with E-state index in [1.807, 2.05) is 31.2 Å². The molecule has 0 saturated heterocycles. The number of hydrogen-bond acceptors (Lipinski definition) is 5. The van der Waals surface area contributed by atoms with Crippen molar-refractivity contribution in [3.63, 3.8) is 0 Å². The van der Waals surface area contributed by atoms with Crippen LogP contribution in [0.2, 0.25) is 0 Å². The van der Waals surface area contributed by atoms with Crippen molar-refractivity contribution >= 4 is 17.4 Å². The number of H-pyrrole nitrogens is 1. The normalized spacial score (nSPS) is 10.8. The van der Waals surface area contributed by atoms with Crippen molar-refractivity contribution in [2.75, 3.05) is 23.8 Å². The zero-order valence-electron chi connectivity index (χ0n) is 18.8. The van der Waals surface area contributed by atoms with Crippen molar-refractivity contribution < 1.29 is 9.53 Å². The number of rotatable bonds is 12. The first-order valence-electron chi connectivity index (χ1n) is 11.1. The molecule has 0 unspecified atom stereocenters. The van der Waals surface area contributed by atoms with Gasteiger partial charge in [-0.3, -0.25) is 19.1 Å². The third-order valence-electron chi connectivity index (χ3n) is 5.20. The molecular weight excluding hydrogens is 396 g/mol. The number of nitrogen functional groups attached to an aromatic ring is 1. The van der Waals surface area contributed by atoms with Crippen molar-refractivity contribution in [2.45, 2.75) is 65.8 Å². The van der Waals surface area contributed by atoms with Crippen molar-refractivity contribution in [1.29, 1.82) is 0 Å². The van der Waals surface area contributed by atoms with Crippen LogP contribution < -0.4 is 26.6 Å². The summed E-state index contributed by atoms with van der Waals surface area (Å²) in [6.07, 6.45) is 5.08. The van der Waals surface area contributed by atoms with Gasteiger partial charge >= 0.3 is 5.69 Å². The smallest absolute Gasteiger partial charge is 0.330 e. The minimum absolute atomic E-state index is 0.0133. The lowest BCUT2D eigenvalue weighted by Crippen LogP contribution is -2.43. The maximum atomic E-state index is 13.1. The highest BCUT2D eigenvalue weighted by molar-refractivity contribution is 5.96. The Kier molecular flexibility index (Phi) is 9.37. The van der Waals surface area contributed by atoms with Gasteiger partial charge < -0.3 is 15.4 Å². The molecule has 0 aliphatic rings. The molecule has 1 amide bonds. The van der Waals surface area contributed by atoms with Crippen LogP contribution >= 0.6 is 0 Å². The van der Waals surface area contributed by atoms with Gasteiger partial charge in [0.1, 0.15) is 11.6 Å². The average molecular weight is 431 g/mol. The molecule has 1 aromatic heterocycles. The van der Waals surface area contributed by atoms with Crippen LogP contribution in [-0.2, 0) is 17.8 Å². The number of amides is 1. The predicted octanol–water partition coefficient (Wildman–Crippen LogP) is 3.08. The van der Waals surface area contributed by atoms with Gasteiger partial charge in [-0.15, -0.1) is 0 Å². The Morgan fingerprint density at radius 2 is 1.74 bits per heavy atom. The van der Waals surface area contributed by atoms with E-state index in [4.69, 9.17) is 10.5 Å². The van der Waals surface area contributed by atoms with Crippen molar-refractivity contribution in [1.82, 2.24) is 9.55 Å². The lowest BCUT2D eigenvalue weighted by Gasteiger charge is -2.24. The fraction of sp³-hybridized carbons (Fsp3) is 0.522. The first-order chi connectivity index (χ1) is 14.9. The highest BCUT2D eigenvalue weighted by Gasteiger charge is 2.24. The molecule has 2 rings (SSSR count). The molecule has 8 nitrogen and oxygen atoms in total. The van der Waals surface area contributed by atoms with Crippen molar-refractivity contribution in [2.24, 2.45) is 0 Å². The minimum Gasteiger partial charge on any atom is -0.484 e. The molecule has 1 heterocycles. The van der Waals surface area contributed by atoms with Gasteiger partial charge in [-0.2, -0.15) is 0 Å². The third kappa shape index (κ3) is 6.47. The summed E-state index contributed by atoms with van der Waals surface area (Å²) in [6.45, 7) is 6.59. The molecule has 0 aliphatic carbocycles. The van der Waals surface area contributed by atoms with Gasteiger partial charge in [-0.1, -0.05) is 52.2 Å². The van der Waals surface area contributed by atoms with Gasteiger partial charge in [0.05, 0.1) is 0 Å². The molecule has 0 atom stereocenters. The summed E-state index contributed by atoms with van der Waals surface area (Å²) >= 11 is 0. The molecule has 0 saturated carbocycles. The molecular formula is C23H34N4O4. The van der Waals surface area contributed by atoms with Crippen LogP contribution in [0, 0.1) is 0 Å². The quantitative estimate of drug-likeness (QED) is 0.503. The lowest BCUT2D eigenvalue weighted by molar-refractivity contribution is -0.120. The van der Waals surface area contributed by atoms with Crippen LogP contribution in [0.4, 0.5) is 11.5 Å². The Hall–Kier alpha value is -3.03. The third-order valence-corrected chi connectivity index (χ3v) is 5.20. The topological polar surface area (TPSA) is 110 Å². The highest BCUT2D eigenvalue weighted by atomic mass is 16.5. The molecule has 170 valence electrons. The molecule has 0 aliphatic heterocycles. The number of aromatic nitrogens is 2. The van der Waals surface area contributed by atoms with Crippen molar-refractivity contribution in [3.05, 3.63) is 50.7 Å². The molecule has 2 aromatic rings. The zero-order chi connectivity index (χ0) is 22.8. The number of aromatic amines is 1. The number of nitrogens with two attached hydrogens (primary N) is 1. The molecule has 1 aromatic carbocycles. The molecule has 31 heavy (non-hydrogen) atoms. The number of nitrogens with zero attached hydrogens (tertiary/aromatic N) is 2. The number of carbonyl (C=O) groups is 1. The van der Waals surface area contributed by atoms with E-state index in [1.165, 1.54) is 15.0 Å². The average Bonchev–Trinajstić information content (AvgIpc) is 2.76. The molecule has 0 spiro atoms. The van der Waals surface area contributed by atoms with E-state index in [2.05, 4.69) is 18.8 Å². The summed E-state index contributed by atoms with van der Waals surface area (Å²) in [5.74, 6) is 0.210. The standard InChI is InChI=1S/C23H34N4O4/c1-4-7-9-15-26(19(28)16-31-18-12-10-17(6-3)11-13-18)20-21(24)27(14-8-5-2)23(30)25-22(20)29/h10-13H,4-9,14-16,24H2,1-3H3,(H,25,29,30). The van der Waals surface area contributed by atoms with Gasteiger partial charge in [-0.05, 0) is 37.0 Å². The van der Waals surface area contributed by atoms with E-state index in [9.17, 15) is 14.4 Å². The van der Waals surface area contributed by atoms with Gasteiger partial charge in [-0.25, -0.2) is 4.79 Å². The number of unbranched alkanes of at least 4 members (excludes halogenated alkanes) is 3. The SMILES string of the molecule is CCCCCN(C(=O)COc1ccc(CC)cc1)c1c(N)n(CCCC)c(=O)[nH]c1=O. The summed E-state index contributed by atoms with van der Waals surface area (Å²) in [6, 6.07) is 7.54. The summed E-state index contributed by atoms with van der Waals surface area (Å²) < 4.78 is 6.99. The van der Waals surface area contributed by atoms with Gasteiger partial charge in [0.25, 0.3) is 11.5 Å². The molecule has 0 fully saturated rings. The van der Waals surface area contributed by atoms with Crippen LogP contribution in [0.5, 0.6) is 5.75 Å². The van der Waals surface area contributed by atoms with Gasteiger partial charge in [0.2, 0.25) is 0 Å². The Bertz CT molecular complexity index is 963. The number of carbonyl (C=O) groups excluding carboxylic acids is 1. The van der Waals surface area contributed by atoms with E-state index in [-0.39, 0.29) is 24.0 Å². The summed E-state index contributed by atoms with van der Waals surface area (Å²) in [5, 5.41) is 0. The fourth-order valence-corrected chi connectivity index (χ4v) is 3.30. The van der Waals surface area contributed by atoms with Gasteiger partial charge in [0.15, 0.2) is 12.3 Å². The van der Waals surface area contributed by atoms with Crippen LogP contribution in [0.3, 0.4) is 0 Å². The number of hydrogen-bond donors (Lipinski definition) is 2. The maximum absolute atomic E-state index is 13.1. The first-order valence-corrected chi connectivity index (χ1v) is 11.1. The minimum atomic E-state index is -0.660. The largest absolute Gasteiger partial charge is 0.484 e. The zero-order valence-corrected chi connectivity index (χ0v) is 18.8. The second-order valence-electron chi connectivity index (χ2n) is 7.54. The fourth-order valence-electron chi connectivity index (χ4n) is 3.30. The summed E-state index contributed by atoms with van der Waals surface area (Å²) in [4.78, 5) is 41.6. The maximum Gasteiger partial charge on any atom is 0.330 e. The number of nitrogens with one attached hydrogen (secondary N) is 1. The lowest BCUT2D eigenvalue weighted by atomic mass is 10.2. The summed E-state index contributed by atoms with van der Waals surface area (Å²) in [7, 11) is 0. The Morgan fingerprint density at radius 3 is 2.35 bits per heavy atom. The van der Waals surface area contributed by atoms with Crippen LogP contribution in [0.15, 0.2) is 33.9 Å². The Morgan fingerprint density at radius 1 is 1.06 bits per heavy atom. The highest BCUT2D eigenvalue weighted by Crippen LogP contribution is 2.19. The Balaban J connectivity index is 2.30. The molecule has 3 N–H and O–H groups in total. The first kappa shape index (κ1) is 24.2. The van der Waals surface area contributed by atoms with E-state index in [0.29, 0.717) is 25.3 Å². The second-order valence-corrected chi connectivity index (χ2v) is 7.54. The van der Waals surface area contributed by atoms with Crippen LogP contribution in [0.25, 0.3) is 0 Å². The molecule has 0 bridgehead atoms. The summed E-state index contributed by atoms with van der Waals surface area (Å²) in [5.41, 5.74) is 6.18. The van der Waals surface area contributed by atoms with Crippen molar-refractivity contribution in [3.8, 4) is 5.75 Å². The second kappa shape index (κ2) is 12.0. The van der Waals surface area contributed by atoms with Crippen LogP contribution in [-0.4, -0.2) is 28.6 Å². The monoisotopic (exact) mass is 430 g/mol. The number of aryl methyl sites for hydroxylation is 1. The number of anilines is 2. The van der Waals surface area contributed by atoms with E-state index in [0.717, 1.165) is 32.1 Å². The van der Waals surface area contributed by atoms with Crippen LogP contribution in [0.1, 0.15) is 58.4 Å². The van der Waals surface area contributed by atoms with E-state index in [1.54, 1.807) is 0 Å². The Labute approximate surface area is 183 Å². The predicted molar refractivity (Wildman–Crippen MR) is 124 cm³/mol.